The molecule has 2 aromatic rings. The van der Waals surface area contributed by atoms with Crippen molar-refractivity contribution in [2.75, 3.05) is 4.72 Å². The number of rotatable bonds is 3. The SMILES string of the molecule is Cc1ccc(S(=O)(=O)Nc2ccc(I)c(Cl)c2Cl)cc1. The molecular weight excluding hydrogens is 432 g/mol. The predicted octanol–water partition coefficient (Wildman–Crippen LogP) is 4.71. The fraction of sp³-hybridized carbons (Fsp3) is 0.0769. The highest BCUT2D eigenvalue weighted by Crippen LogP contribution is 2.34. The van der Waals surface area contributed by atoms with E-state index in [9.17, 15) is 8.42 Å². The van der Waals surface area contributed by atoms with Crippen LogP contribution in [0.15, 0.2) is 41.3 Å². The second kappa shape index (κ2) is 6.09. The van der Waals surface area contributed by atoms with Crippen molar-refractivity contribution in [1.29, 1.82) is 0 Å². The molecule has 20 heavy (non-hydrogen) atoms. The Morgan fingerprint density at radius 3 is 2.20 bits per heavy atom. The maximum absolute atomic E-state index is 12.2. The van der Waals surface area contributed by atoms with E-state index in [1.807, 2.05) is 29.5 Å². The van der Waals surface area contributed by atoms with Crippen molar-refractivity contribution in [2.45, 2.75) is 11.8 Å². The quantitative estimate of drug-likeness (QED) is 0.553. The van der Waals surface area contributed by atoms with E-state index in [4.69, 9.17) is 23.2 Å². The number of anilines is 1. The zero-order valence-electron chi connectivity index (χ0n) is 10.3. The number of nitrogens with one attached hydrogen (secondary N) is 1. The van der Waals surface area contributed by atoms with Crippen LogP contribution in [0.25, 0.3) is 0 Å². The molecule has 0 amide bonds. The molecule has 0 radical (unpaired) electrons. The van der Waals surface area contributed by atoms with Gasteiger partial charge in [0.25, 0.3) is 10.0 Å². The Morgan fingerprint density at radius 1 is 1.00 bits per heavy atom. The van der Waals surface area contributed by atoms with Gasteiger partial charge in [0, 0.05) is 3.57 Å². The highest BCUT2D eigenvalue weighted by molar-refractivity contribution is 14.1. The van der Waals surface area contributed by atoms with Crippen LogP contribution in [-0.2, 0) is 10.0 Å². The van der Waals surface area contributed by atoms with E-state index in [1.54, 1.807) is 36.4 Å². The number of sulfonamides is 1. The van der Waals surface area contributed by atoms with Crippen LogP contribution in [-0.4, -0.2) is 8.42 Å². The topological polar surface area (TPSA) is 46.2 Å². The fourth-order valence-corrected chi connectivity index (χ4v) is 3.64. The summed E-state index contributed by atoms with van der Waals surface area (Å²) in [7, 11) is -3.68. The third-order valence-electron chi connectivity index (χ3n) is 2.61. The molecule has 106 valence electrons. The Bertz CT molecular complexity index is 746. The Morgan fingerprint density at radius 2 is 1.60 bits per heavy atom. The lowest BCUT2D eigenvalue weighted by molar-refractivity contribution is 0.601. The molecule has 0 atom stereocenters. The van der Waals surface area contributed by atoms with E-state index in [0.29, 0.717) is 5.02 Å². The van der Waals surface area contributed by atoms with Crippen LogP contribution in [0.3, 0.4) is 0 Å². The summed E-state index contributed by atoms with van der Waals surface area (Å²) in [5.74, 6) is 0. The summed E-state index contributed by atoms with van der Waals surface area (Å²) in [6.07, 6.45) is 0. The minimum atomic E-state index is -3.68. The number of hydrogen-bond acceptors (Lipinski definition) is 2. The highest BCUT2D eigenvalue weighted by atomic mass is 127. The number of halogens is 3. The minimum Gasteiger partial charge on any atom is -0.278 e. The smallest absolute Gasteiger partial charge is 0.261 e. The normalized spacial score (nSPS) is 11.4. The molecule has 0 spiro atoms. The summed E-state index contributed by atoms with van der Waals surface area (Å²) >= 11 is 14.1. The molecule has 3 nitrogen and oxygen atoms in total. The maximum Gasteiger partial charge on any atom is 0.261 e. The molecule has 7 heteroatoms. The molecule has 0 aliphatic rings. The van der Waals surface area contributed by atoms with Gasteiger partial charge in [-0.2, -0.15) is 0 Å². The lowest BCUT2D eigenvalue weighted by Crippen LogP contribution is -2.13. The average Bonchev–Trinajstić information content (AvgIpc) is 2.40. The van der Waals surface area contributed by atoms with Crippen LogP contribution in [0.5, 0.6) is 0 Å². The molecule has 2 rings (SSSR count). The van der Waals surface area contributed by atoms with Crippen molar-refractivity contribution in [3.8, 4) is 0 Å². The van der Waals surface area contributed by atoms with Gasteiger partial charge in [0.2, 0.25) is 0 Å². The molecule has 1 N–H and O–H groups in total. The van der Waals surface area contributed by atoms with Crippen LogP contribution in [0.2, 0.25) is 10.0 Å². The van der Waals surface area contributed by atoms with Gasteiger partial charge in [-0.25, -0.2) is 8.42 Å². The summed E-state index contributed by atoms with van der Waals surface area (Å²) in [4.78, 5) is 0.175. The van der Waals surface area contributed by atoms with Crippen molar-refractivity contribution in [1.82, 2.24) is 0 Å². The molecular formula is C13H10Cl2INO2S. The lowest BCUT2D eigenvalue weighted by Gasteiger charge is -2.11. The monoisotopic (exact) mass is 441 g/mol. The molecule has 0 aromatic heterocycles. The van der Waals surface area contributed by atoms with E-state index in [0.717, 1.165) is 9.13 Å². The van der Waals surface area contributed by atoms with E-state index in [-0.39, 0.29) is 15.6 Å². The lowest BCUT2D eigenvalue weighted by atomic mass is 10.2. The Kier molecular flexibility index (Phi) is 4.84. The van der Waals surface area contributed by atoms with Gasteiger partial charge in [0.05, 0.1) is 20.6 Å². The Balaban J connectivity index is 2.38. The summed E-state index contributed by atoms with van der Waals surface area (Å²) < 4.78 is 27.7. The molecule has 0 saturated heterocycles. The zero-order valence-corrected chi connectivity index (χ0v) is 14.8. The first kappa shape index (κ1) is 15.9. The summed E-state index contributed by atoms with van der Waals surface area (Å²) in [6.45, 7) is 1.89. The Hall–Kier alpha value is -0.500. The van der Waals surface area contributed by atoms with Crippen molar-refractivity contribution < 1.29 is 8.42 Å². The van der Waals surface area contributed by atoms with Crippen molar-refractivity contribution in [2.24, 2.45) is 0 Å². The summed E-state index contributed by atoms with van der Waals surface area (Å²) in [5, 5.41) is 0.519. The standard InChI is InChI=1S/C13H10Cl2INO2S/c1-8-2-4-9(5-3-8)20(18,19)17-11-7-6-10(16)12(14)13(11)15/h2-7,17H,1H3. The van der Waals surface area contributed by atoms with Crippen molar-refractivity contribution in [3.05, 3.63) is 55.6 Å². The van der Waals surface area contributed by atoms with Gasteiger partial charge in [0.1, 0.15) is 0 Å². The summed E-state index contributed by atoms with van der Waals surface area (Å²) in [5.41, 5.74) is 1.25. The zero-order chi connectivity index (χ0) is 14.9. The number of hydrogen-bond donors (Lipinski definition) is 1. The van der Waals surface area contributed by atoms with Crippen LogP contribution < -0.4 is 4.72 Å². The second-order valence-corrected chi connectivity index (χ2v) is 7.74. The molecule has 0 unspecified atom stereocenters. The number of aryl methyl sites for hydroxylation is 1. The molecule has 0 bridgehead atoms. The molecule has 0 fully saturated rings. The molecule has 0 heterocycles. The van der Waals surface area contributed by atoms with Crippen molar-refractivity contribution >= 4 is 61.5 Å². The summed E-state index contributed by atoms with van der Waals surface area (Å²) in [6, 6.07) is 9.83. The van der Waals surface area contributed by atoms with Gasteiger partial charge in [-0.1, -0.05) is 40.9 Å². The Labute approximate surface area is 141 Å². The van der Waals surface area contributed by atoms with Crippen LogP contribution in [0, 0.1) is 10.5 Å². The van der Waals surface area contributed by atoms with E-state index in [2.05, 4.69) is 4.72 Å². The highest BCUT2D eigenvalue weighted by Gasteiger charge is 2.17. The van der Waals surface area contributed by atoms with Gasteiger partial charge >= 0.3 is 0 Å². The van der Waals surface area contributed by atoms with Gasteiger partial charge in [-0.05, 0) is 53.8 Å². The van der Waals surface area contributed by atoms with Crippen molar-refractivity contribution in [3.63, 3.8) is 0 Å². The van der Waals surface area contributed by atoms with Gasteiger partial charge in [0.15, 0.2) is 0 Å². The number of benzene rings is 2. The van der Waals surface area contributed by atoms with Gasteiger partial charge < -0.3 is 0 Å². The van der Waals surface area contributed by atoms with Gasteiger partial charge in [-0.3, -0.25) is 4.72 Å². The molecule has 0 saturated carbocycles. The fourth-order valence-electron chi connectivity index (χ4n) is 1.53. The first-order valence-electron chi connectivity index (χ1n) is 5.54. The third-order valence-corrected chi connectivity index (χ3v) is 6.09. The predicted molar refractivity (Wildman–Crippen MR) is 91.2 cm³/mol. The molecule has 2 aromatic carbocycles. The van der Waals surface area contributed by atoms with Crippen LogP contribution >= 0.6 is 45.8 Å². The van der Waals surface area contributed by atoms with Gasteiger partial charge in [-0.15, -0.1) is 0 Å². The minimum absolute atomic E-state index is 0.175. The third kappa shape index (κ3) is 3.39. The van der Waals surface area contributed by atoms with E-state index in [1.165, 1.54) is 0 Å². The van der Waals surface area contributed by atoms with E-state index >= 15 is 0 Å². The first-order chi connectivity index (χ1) is 9.31. The van der Waals surface area contributed by atoms with Crippen LogP contribution in [0.4, 0.5) is 5.69 Å². The molecule has 0 aliphatic carbocycles. The van der Waals surface area contributed by atoms with E-state index < -0.39 is 10.0 Å². The largest absolute Gasteiger partial charge is 0.278 e. The first-order valence-corrected chi connectivity index (χ1v) is 8.86. The second-order valence-electron chi connectivity index (χ2n) is 4.14. The maximum atomic E-state index is 12.2. The molecule has 0 aliphatic heterocycles. The average molecular weight is 442 g/mol. The van der Waals surface area contributed by atoms with Crippen LogP contribution in [0.1, 0.15) is 5.56 Å².